The quantitative estimate of drug-likeness (QED) is 0.629. The predicted octanol–water partition coefficient (Wildman–Crippen LogP) is 3.66. The number of hydrogen-bond acceptors (Lipinski definition) is 3. The number of hydrogen-bond donors (Lipinski definition) is 0. The minimum absolute atomic E-state index is 0.396. The number of carbonyl (C=O) groups excluding carboxylic acids is 1. The van der Waals surface area contributed by atoms with Crippen LogP contribution in [0.2, 0.25) is 0 Å². The molecule has 19 heavy (non-hydrogen) atoms. The molecule has 0 saturated heterocycles. The van der Waals surface area contributed by atoms with Crippen LogP contribution in [-0.4, -0.2) is 13.2 Å². The molecule has 1 saturated carbocycles. The maximum Gasteiger partial charge on any atom is 0.235 e. The molecule has 0 bridgehead atoms. The molecule has 0 N–H and O–H groups in total. The average molecular weight is 322 g/mol. The van der Waals surface area contributed by atoms with Crippen LogP contribution in [0.15, 0.2) is 15.5 Å². The van der Waals surface area contributed by atoms with Crippen molar-refractivity contribution in [2.75, 3.05) is 7.11 Å². The second kappa shape index (κ2) is 4.77. The topological polar surface area (TPSA) is 38.7 Å². The zero-order valence-electron chi connectivity index (χ0n) is 11.0. The standard InChI is InChI=1S/C15H16BrNO2/c1-19-14-12(15(17-9-18)6-3-7-15)8-10-4-2-5-11(10)13(14)16/h8H,2-7H2,1H3. The van der Waals surface area contributed by atoms with Crippen LogP contribution < -0.4 is 4.74 Å². The highest BCUT2D eigenvalue weighted by Gasteiger charge is 2.42. The van der Waals surface area contributed by atoms with Crippen molar-refractivity contribution < 1.29 is 9.53 Å². The van der Waals surface area contributed by atoms with E-state index < -0.39 is 5.54 Å². The number of rotatable bonds is 3. The lowest BCUT2D eigenvalue weighted by Gasteiger charge is -2.38. The van der Waals surface area contributed by atoms with Gasteiger partial charge in [0.1, 0.15) is 11.3 Å². The normalized spacial score (nSPS) is 19.3. The molecule has 3 nitrogen and oxygen atoms in total. The van der Waals surface area contributed by atoms with Gasteiger partial charge in [-0.05, 0) is 71.6 Å². The Hall–Kier alpha value is -1.12. The van der Waals surface area contributed by atoms with Crippen molar-refractivity contribution in [1.82, 2.24) is 0 Å². The molecule has 0 heterocycles. The summed E-state index contributed by atoms with van der Waals surface area (Å²) < 4.78 is 6.64. The van der Waals surface area contributed by atoms with Crippen LogP contribution >= 0.6 is 15.9 Å². The molecule has 0 unspecified atom stereocenters. The molecule has 3 rings (SSSR count). The Morgan fingerprint density at radius 3 is 2.74 bits per heavy atom. The smallest absolute Gasteiger partial charge is 0.235 e. The molecular formula is C15H16BrNO2. The van der Waals surface area contributed by atoms with Crippen LogP contribution in [0.4, 0.5) is 0 Å². The Kier molecular flexibility index (Phi) is 3.23. The van der Waals surface area contributed by atoms with Gasteiger partial charge in [-0.25, -0.2) is 4.79 Å². The third-order valence-electron chi connectivity index (χ3n) is 4.43. The first kappa shape index (κ1) is 12.9. The largest absolute Gasteiger partial charge is 0.495 e. The number of aryl methyl sites for hydroxylation is 1. The van der Waals surface area contributed by atoms with E-state index in [1.54, 1.807) is 13.2 Å². The van der Waals surface area contributed by atoms with E-state index in [9.17, 15) is 4.79 Å². The molecule has 1 fully saturated rings. The fourth-order valence-corrected chi connectivity index (χ4v) is 4.09. The summed E-state index contributed by atoms with van der Waals surface area (Å²) in [4.78, 5) is 14.9. The summed E-state index contributed by atoms with van der Waals surface area (Å²) >= 11 is 3.67. The van der Waals surface area contributed by atoms with Gasteiger partial charge in [0, 0.05) is 5.56 Å². The van der Waals surface area contributed by atoms with Gasteiger partial charge in [-0.1, -0.05) is 0 Å². The van der Waals surface area contributed by atoms with E-state index in [1.165, 1.54) is 17.5 Å². The molecule has 0 spiro atoms. The summed E-state index contributed by atoms with van der Waals surface area (Å²) in [7, 11) is 1.68. The summed E-state index contributed by atoms with van der Waals surface area (Å²) in [5, 5.41) is 0. The lowest BCUT2D eigenvalue weighted by molar-refractivity contribution is 0.245. The van der Waals surface area contributed by atoms with Gasteiger partial charge in [0.25, 0.3) is 0 Å². The first-order valence-corrected chi connectivity index (χ1v) is 7.49. The Morgan fingerprint density at radius 2 is 2.16 bits per heavy atom. The van der Waals surface area contributed by atoms with Gasteiger partial charge in [0.2, 0.25) is 6.08 Å². The number of nitrogens with zero attached hydrogens (tertiary/aromatic N) is 1. The van der Waals surface area contributed by atoms with E-state index in [0.717, 1.165) is 47.9 Å². The molecule has 0 atom stereocenters. The van der Waals surface area contributed by atoms with Gasteiger partial charge in [-0.15, -0.1) is 0 Å². The minimum Gasteiger partial charge on any atom is -0.495 e. The summed E-state index contributed by atoms with van der Waals surface area (Å²) in [6.45, 7) is 0. The SMILES string of the molecule is COc1c(C2(N=C=O)CCC2)cc2c(c1Br)CCC2. The van der Waals surface area contributed by atoms with Gasteiger partial charge in [0.05, 0.1) is 11.6 Å². The van der Waals surface area contributed by atoms with E-state index in [0.29, 0.717) is 0 Å². The van der Waals surface area contributed by atoms with Crippen molar-refractivity contribution in [3.8, 4) is 5.75 Å². The van der Waals surface area contributed by atoms with Crippen molar-refractivity contribution in [1.29, 1.82) is 0 Å². The molecule has 0 radical (unpaired) electrons. The second-order valence-electron chi connectivity index (χ2n) is 5.35. The van der Waals surface area contributed by atoms with Crippen molar-refractivity contribution in [3.63, 3.8) is 0 Å². The zero-order valence-corrected chi connectivity index (χ0v) is 12.5. The number of ether oxygens (including phenoxy) is 1. The monoisotopic (exact) mass is 321 g/mol. The number of halogens is 1. The van der Waals surface area contributed by atoms with Crippen LogP contribution in [0, 0.1) is 0 Å². The maximum atomic E-state index is 10.8. The van der Waals surface area contributed by atoms with Gasteiger partial charge >= 0.3 is 0 Å². The first-order chi connectivity index (χ1) is 9.22. The van der Waals surface area contributed by atoms with E-state index in [2.05, 4.69) is 27.0 Å². The second-order valence-corrected chi connectivity index (χ2v) is 6.14. The Balaban J connectivity index is 2.20. The maximum absolute atomic E-state index is 10.8. The lowest BCUT2D eigenvalue weighted by atomic mass is 9.71. The highest BCUT2D eigenvalue weighted by molar-refractivity contribution is 9.10. The molecule has 4 heteroatoms. The third-order valence-corrected chi connectivity index (χ3v) is 5.27. The number of aliphatic imine (C=N–C) groups is 1. The van der Waals surface area contributed by atoms with Gasteiger partial charge in [-0.2, -0.15) is 4.99 Å². The van der Waals surface area contributed by atoms with Gasteiger partial charge in [0.15, 0.2) is 0 Å². The third kappa shape index (κ3) is 1.86. The first-order valence-electron chi connectivity index (χ1n) is 6.69. The van der Waals surface area contributed by atoms with Crippen LogP contribution in [-0.2, 0) is 23.2 Å². The van der Waals surface area contributed by atoms with Crippen LogP contribution in [0.25, 0.3) is 0 Å². The number of isocyanates is 1. The predicted molar refractivity (Wildman–Crippen MR) is 76.4 cm³/mol. The summed E-state index contributed by atoms with van der Waals surface area (Å²) in [5.74, 6) is 0.847. The summed E-state index contributed by atoms with van der Waals surface area (Å²) in [5.41, 5.74) is 3.38. The Bertz CT molecular complexity index is 572. The Morgan fingerprint density at radius 1 is 1.37 bits per heavy atom. The van der Waals surface area contributed by atoms with Gasteiger partial charge < -0.3 is 4.74 Å². The molecule has 0 aromatic heterocycles. The number of benzene rings is 1. The van der Waals surface area contributed by atoms with Crippen LogP contribution in [0.1, 0.15) is 42.4 Å². The zero-order chi connectivity index (χ0) is 13.5. The van der Waals surface area contributed by atoms with Crippen LogP contribution in [0.5, 0.6) is 5.75 Å². The van der Waals surface area contributed by atoms with E-state index in [1.807, 2.05) is 0 Å². The molecule has 2 aliphatic rings. The van der Waals surface area contributed by atoms with Crippen molar-refractivity contribution in [2.45, 2.75) is 44.1 Å². The number of fused-ring (bicyclic) bond motifs is 1. The van der Waals surface area contributed by atoms with Crippen molar-refractivity contribution in [3.05, 3.63) is 27.2 Å². The number of methoxy groups -OCH3 is 1. The molecular weight excluding hydrogens is 306 g/mol. The fraction of sp³-hybridized carbons (Fsp3) is 0.533. The molecule has 100 valence electrons. The molecule has 0 amide bonds. The van der Waals surface area contributed by atoms with E-state index in [4.69, 9.17) is 4.74 Å². The lowest BCUT2D eigenvalue weighted by Crippen LogP contribution is -2.32. The van der Waals surface area contributed by atoms with E-state index in [-0.39, 0.29) is 0 Å². The Labute approximate surface area is 121 Å². The molecule has 1 aromatic carbocycles. The summed E-state index contributed by atoms with van der Waals surface area (Å²) in [6.07, 6.45) is 8.05. The van der Waals surface area contributed by atoms with E-state index >= 15 is 0 Å². The van der Waals surface area contributed by atoms with Gasteiger partial charge in [-0.3, -0.25) is 0 Å². The van der Waals surface area contributed by atoms with Crippen LogP contribution in [0.3, 0.4) is 0 Å². The minimum atomic E-state index is -0.396. The fourth-order valence-electron chi connectivity index (χ4n) is 3.26. The highest BCUT2D eigenvalue weighted by Crippen LogP contribution is 2.51. The molecule has 2 aliphatic carbocycles. The van der Waals surface area contributed by atoms with Crippen molar-refractivity contribution >= 4 is 22.0 Å². The van der Waals surface area contributed by atoms with Crippen molar-refractivity contribution in [2.24, 2.45) is 4.99 Å². The summed E-state index contributed by atoms with van der Waals surface area (Å²) in [6, 6.07) is 2.20. The highest BCUT2D eigenvalue weighted by atomic mass is 79.9. The average Bonchev–Trinajstić information content (AvgIpc) is 2.82. The molecule has 0 aliphatic heterocycles. The molecule has 1 aromatic rings.